The number of hydrogen-bond acceptors (Lipinski definition) is 2. The fourth-order valence-corrected chi connectivity index (χ4v) is 2.27. The molecule has 0 fully saturated rings. The molecule has 0 aromatic carbocycles. The second-order valence-electron chi connectivity index (χ2n) is 3.00. The van der Waals surface area contributed by atoms with E-state index in [9.17, 15) is 13.2 Å². The number of halogens is 3. The molecule has 0 saturated carbocycles. The van der Waals surface area contributed by atoms with Crippen LogP contribution >= 0.6 is 11.3 Å². The summed E-state index contributed by atoms with van der Waals surface area (Å²) in [6, 6.07) is 0.184. The zero-order valence-electron chi connectivity index (χ0n) is 7.98. The van der Waals surface area contributed by atoms with Gasteiger partial charge in [0.15, 0.2) is 0 Å². The minimum atomic E-state index is -4.22. The van der Waals surface area contributed by atoms with Crippen LogP contribution in [0.15, 0.2) is 11.4 Å². The molecule has 14 heavy (non-hydrogen) atoms. The Hall–Kier alpha value is -0.550. The van der Waals surface area contributed by atoms with Crippen molar-refractivity contribution < 1.29 is 13.2 Å². The summed E-state index contributed by atoms with van der Waals surface area (Å²) in [6.07, 6.45) is -4.22. The molecule has 0 aliphatic rings. The molecule has 0 radical (unpaired) electrons. The fraction of sp³-hybridized carbons (Fsp3) is 0.556. The molecule has 0 aliphatic heterocycles. The summed E-state index contributed by atoms with van der Waals surface area (Å²) in [5.74, 6) is 0. The third-order valence-electron chi connectivity index (χ3n) is 1.90. The van der Waals surface area contributed by atoms with Gasteiger partial charge in [0, 0.05) is 4.88 Å². The maximum Gasteiger partial charge on any atom is 0.408 e. The van der Waals surface area contributed by atoms with Crippen LogP contribution in [0.5, 0.6) is 0 Å². The molecule has 0 aliphatic carbocycles. The lowest BCUT2D eigenvalue weighted by Gasteiger charge is -2.20. The van der Waals surface area contributed by atoms with Gasteiger partial charge in [-0.25, -0.2) is 0 Å². The van der Waals surface area contributed by atoms with Gasteiger partial charge in [0.25, 0.3) is 0 Å². The molecule has 0 spiro atoms. The Labute approximate surface area is 84.9 Å². The Morgan fingerprint density at radius 3 is 2.50 bits per heavy atom. The van der Waals surface area contributed by atoms with Crippen molar-refractivity contribution in [2.75, 3.05) is 6.54 Å². The van der Waals surface area contributed by atoms with Gasteiger partial charge in [-0.1, -0.05) is 6.92 Å². The van der Waals surface area contributed by atoms with Crippen LogP contribution in [0.2, 0.25) is 0 Å². The largest absolute Gasteiger partial charge is 0.408 e. The van der Waals surface area contributed by atoms with E-state index in [1.807, 2.05) is 0 Å². The van der Waals surface area contributed by atoms with Gasteiger partial charge in [-0.05, 0) is 30.5 Å². The van der Waals surface area contributed by atoms with Gasteiger partial charge in [-0.2, -0.15) is 13.2 Å². The van der Waals surface area contributed by atoms with Crippen LogP contribution in [0.1, 0.15) is 23.4 Å². The fourth-order valence-electron chi connectivity index (χ4n) is 1.24. The predicted molar refractivity (Wildman–Crippen MR) is 51.5 cm³/mol. The summed E-state index contributed by atoms with van der Waals surface area (Å²) in [4.78, 5) is 0.361. The van der Waals surface area contributed by atoms with Crippen LogP contribution in [0.3, 0.4) is 0 Å². The second-order valence-corrected chi connectivity index (χ2v) is 3.95. The highest BCUT2D eigenvalue weighted by atomic mass is 32.1. The quantitative estimate of drug-likeness (QED) is 0.829. The molecule has 1 heterocycles. The first kappa shape index (κ1) is 11.5. The van der Waals surface area contributed by atoms with E-state index in [-0.39, 0.29) is 0 Å². The summed E-state index contributed by atoms with van der Waals surface area (Å²) < 4.78 is 37.8. The number of thiophene rings is 1. The number of rotatable bonds is 3. The van der Waals surface area contributed by atoms with E-state index in [1.165, 1.54) is 0 Å². The highest BCUT2D eigenvalue weighted by Gasteiger charge is 2.41. The number of nitrogens with one attached hydrogen (secondary N) is 1. The average molecular weight is 223 g/mol. The first-order valence-corrected chi connectivity index (χ1v) is 5.19. The van der Waals surface area contributed by atoms with Crippen molar-refractivity contribution in [1.29, 1.82) is 0 Å². The Balaban J connectivity index is 2.95. The van der Waals surface area contributed by atoms with Gasteiger partial charge in [-0.3, -0.25) is 0 Å². The van der Waals surface area contributed by atoms with E-state index in [1.54, 1.807) is 25.3 Å². The lowest BCUT2D eigenvalue weighted by Crippen LogP contribution is -2.33. The maximum atomic E-state index is 12.6. The van der Waals surface area contributed by atoms with Crippen molar-refractivity contribution >= 4 is 11.3 Å². The topological polar surface area (TPSA) is 12.0 Å². The highest BCUT2D eigenvalue weighted by Crippen LogP contribution is 2.36. The third-order valence-corrected chi connectivity index (χ3v) is 2.98. The molecule has 1 aromatic rings. The van der Waals surface area contributed by atoms with E-state index in [0.29, 0.717) is 17.0 Å². The SMILES string of the molecule is CCNC(c1sccc1C)C(F)(F)F. The maximum absolute atomic E-state index is 12.6. The van der Waals surface area contributed by atoms with Crippen molar-refractivity contribution in [2.24, 2.45) is 0 Å². The summed E-state index contributed by atoms with van der Waals surface area (Å²) in [5, 5.41) is 4.13. The Bertz CT molecular complexity index is 292. The summed E-state index contributed by atoms with van der Waals surface area (Å²) >= 11 is 1.14. The predicted octanol–water partition coefficient (Wildman–Crippen LogP) is 3.27. The molecule has 1 nitrogen and oxygen atoms in total. The number of aryl methyl sites for hydroxylation is 1. The zero-order valence-corrected chi connectivity index (χ0v) is 8.80. The van der Waals surface area contributed by atoms with Crippen molar-refractivity contribution in [1.82, 2.24) is 5.32 Å². The van der Waals surface area contributed by atoms with Gasteiger partial charge in [-0.15, -0.1) is 11.3 Å². The summed E-state index contributed by atoms with van der Waals surface area (Å²) in [7, 11) is 0. The van der Waals surface area contributed by atoms with Crippen molar-refractivity contribution in [3.8, 4) is 0 Å². The van der Waals surface area contributed by atoms with Gasteiger partial charge in [0.1, 0.15) is 6.04 Å². The minimum Gasteiger partial charge on any atom is -0.302 e. The van der Waals surface area contributed by atoms with Crippen LogP contribution in [-0.4, -0.2) is 12.7 Å². The van der Waals surface area contributed by atoms with Gasteiger partial charge < -0.3 is 5.32 Å². The second kappa shape index (κ2) is 4.31. The molecule has 0 bridgehead atoms. The Morgan fingerprint density at radius 1 is 1.50 bits per heavy atom. The van der Waals surface area contributed by atoms with Crippen LogP contribution in [0.4, 0.5) is 13.2 Å². The molecular weight excluding hydrogens is 211 g/mol. The standard InChI is InChI=1S/C9H12F3NS/c1-3-13-8(9(10,11)12)7-6(2)4-5-14-7/h4-5,8,13H,3H2,1-2H3. The van der Waals surface area contributed by atoms with E-state index >= 15 is 0 Å². The highest BCUT2D eigenvalue weighted by molar-refractivity contribution is 7.10. The summed E-state index contributed by atoms with van der Waals surface area (Å²) in [5.41, 5.74) is 0.693. The molecular formula is C9H12F3NS. The van der Waals surface area contributed by atoms with Crippen LogP contribution < -0.4 is 5.32 Å². The van der Waals surface area contributed by atoms with Crippen molar-refractivity contribution in [2.45, 2.75) is 26.1 Å². The van der Waals surface area contributed by atoms with E-state index in [4.69, 9.17) is 0 Å². The molecule has 1 N–H and O–H groups in total. The van der Waals surface area contributed by atoms with E-state index < -0.39 is 12.2 Å². The van der Waals surface area contributed by atoms with Crippen LogP contribution in [0, 0.1) is 6.92 Å². The number of hydrogen-bond donors (Lipinski definition) is 1. The zero-order chi connectivity index (χ0) is 10.8. The molecule has 1 rings (SSSR count). The molecule has 1 atom stereocenters. The monoisotopic (exact) mass is 223 g/mol. The molecule has 1 unspecified atom stereocenters. The summed E-state index contributed by atoms with van der Waals surface area (Å²) in [6.45, 7) is 3.67. The number of alkyl halides is 3. The molecule has 0 amide bonds. The first-order valence-electron chi connectivity index (χ1n) is 4.31. The third kappa shape index (κ3) is 2.48. The Kier molecular flexibility index (Phi) is 3.55. The molecule has 5 heteroatoms. The van der Waals surface area contributed by atoms with Crippen LogP contribution in [-0.2, 0) is 0 Å². The van der Waals surface area contributed by atoms with E-state index in [0.717, 1.165) is 11.3 Å². The van der Waals surface area contributed by atoms with Crippen LogP contribution in [0.25, 0.3) is 0 Å². The lowest BCUT2D eigenvalue weighted by molar-refractivity contribution is -0.156. The average Bonchev–Trinajstić information content (AvgIpc) is 2.45. The smallest absolute Gasteiger partial charge is 0.302 e. The van der Waals surface area contributed by atoms with E-state index in [2.05, 4.69) is 5.32 Å². The molecule has 1 aromatic heterocycles. The van der Waals surface area contributed by atoms with Gasteiger partial charge in [0.05, 0.1) is 0 Å². The van der Waals surface area contributed by atoms with Gasteiger partial charge in [0.2, 0.25) is 0 Å². The van der Waals surface area contributed by atoms with Crippen molar-refractivity contribution in [3.63, 3.8) is 0 Å². The van der Waals surface area contributed by atoms with Gasteiger partial charge >= 0.3 is 6.18 Å². The molecule has 0 saturated heterocycles. The normalized spacial score (nSPS) is 14.4. The molecule has 80 valence electrons. The Morgan fingerprint density at radius 2 is 2.14 bits per heavy atom. The first-order chi connectivity index (χ1) is 6.46. The van der Waals surface area contributed by atoms with Crippen molar-refractivity contribution in [3.05, 3.63) is 21.9 Å². The lowest BCUT2D eigenvalue weighted by atomic mass is 10.1. The minimum absolute atomic E-state index is 0.307.